The molecule has 0 bridgehead atoms. The van der Waals surface area contributed by atoms with Crippen LogP contribution in [0.4, 0.5) is 0 Å². The minimum absolute atomic E-state index is 0.0667. The number of aliphatic carboxylic acids is 1. The smallest absolute Gasteiger partial charge is 0.305 e. The van der Waals surface area contributed by atoms with Crippen molar-refractivity contribution in [3.63, 3.8) is 0 Å². The van der Waals surface area contributed by atoms with E-state index in [1.807, 2.05) is 16.8 Å². The van der Waals surface area contributed by atoms with Crippen molar-refractivity contribution in [2.45, 2.75) is 32.4 Å². The van der Waals surface area contributed by atoms with Crippen molar-refractivity contribution in [1.82, 2.24) is 14.5 Å². The first-order valence-electron chi connectivity index (χ1n) is 9.28. The summed E-state index contributed by atoms with van der Waals surface area (Å²) in [6.07, 6.45) is 7.11. The highest BCUT2D eigenvalue weighted by Gasteiger charge is 2.33. The van der Waals surface area contributed by atoms with Crippen LogP contribution < -0.4 is 4.74 Å². The van der Waals surface area contributed by atoms with Crippen LogP contribution in [0, 0.1) is 0 Å². The van der Waals surface area contributed by atoms with E-state index in [0.717, 1.165) is 5.56 Å². The van der Waals surface area contributed by atoms with Gasteiger partial charge in [-0.3, -0.25) is 14.4 Å². The Morgan fingerprint density at radius 2 is 2.14 bits per heavy atom. The maximum absolute atomic E-state index is 13.1. The van der Waals surface area contributed by atoms with Gasteiger partial charge in [-0.2, -0.15) is 0 Å². The van der Waals surface area contributed by atoms with Gasteiger partial charge in [0.1, 0.15) is 11.5 Å². The van der Waals surface area contributed by atoms with Crippen molar-refractivity contribution < 1.29 is 24.2 Å². The number of carbonyl (C=O) groups is 3. The van der Waals surface area contributed by atoms with E-state index in [2.05, 4.69) is 4.98 Å². The second-order valence-corrected chi connectivity index (χ2v) is 6.91. The monoisotopic (exact) mass is 397 g/mol. The van der Waals surface area contributed by atoms with Gasteiger partial charge in [0.05, 0.1) is 19.6 Å². The number of allylic oxidation sites excluding steroid dienone is 1. The number of carbonyl (C=O) groups excluding carboxylic acids is 2. The zero-order valence-corrected chi connectivity index (χ0v) is 16.4. The van der Waals surface area contributed by atoms with Gasteiger partial charge in [-0.15, -0.1) is 0 Å². The first-order chi connectivity index (χ1) is 13.9. The molecule has 0 spiro atoms. The molecule has 0 aromatic carbocycles. The SMILES string of the molecule is COc1ccc(C(CC(=O)O)N2CCn3cc(/C=C/CC(C)=O)cc3C2=O)cn1. The number of aromatic nitrogens is 2. The van der Waals surface area contributed by atoms with E-state index < -0.39 is 12.0 Å². The fourth-order valence-electron chi connectivity index (χ4n) is 3.39. The van der Waals surface area contributed by atoms with Crippen molar-refractivity contribution in [1.29, 1.82) is 0 Å². The van der Waals surface area contributed by atoms with Gasteiger partial charge in [-0.05, 0) is 24.1 Å². The Bertz CT molecular complexity index is 946. The van der Waals surface area contributed by atoms with Crippen LogP contribution in [-0.2, 0) is 16.1 Å². The maximum atomic E-state index is 13.1. The van der Waals surface area contributed by atoms with E-state index in [0.29, 0.717) is 36.6 Å². The number of nitrogens with zero attached hydrogens (tertiary/aromatic N) is 3. The molecule has 2 aromatic rings. The molecule has 29 heavy (non-hydrogen) atoms. The Hall–Kier alpha value is -3.42. The number of ether oxygens (including phenoxy) is 1. The predicted molar refractivity (Wildman–Crippen MR) is 106 cm³/mol. The fourth-order valence-corrected chi connectivity index (χ4v) is 3.39. The molecule has 1 amide bonds. The standard InChI is InChI=1S/C21H23N3O5/c1-14(25)4-3-5-15-10-18-21(28)24(9-8-23(18)13-15)17(11-20(26)27)16-6-7-19(29-2)22-12-16/h3,5-7,10,12-13,17H,4,8-9,11H2,1-2H3,(H,26,27)/b5-3+. The highest BCUT2D eigenvalue weighted by molar-refractivity contribution is 5.94. The first kappa shape index (κ1) is 20.3. The van der Waals surface area contributed by atoms with Crippen molar-refractivity contribution >= 4 is 23.7 Å². The fraction of sp³-hybridized carbons (Fsp3) is 0.333. The Labute approximate surface area is 168 Å². The summed E-state index contributed by atoms with van der Waals surface area (Å²) in [6, 6.07) is 4.52. The number of fused-ring (bicyclic) bond motifs is 1. The zero-order chi connectivity index (χ0) is 21.0. The van der Waals surface area contributed by atoms with Gasteiger partial charge in [0.25, 0.3) is 5.91 Å². The Balaban J connectivity index is 1.86. The van der Waals surface area contributed by atoms with Gasteiger partial charge in [0.2, 0.25) is 5.88 Å². The van der Waals surface area contributed by atoms with Crippen molar-refractivity contribution in [2.75, 3.05) is 13.7 Å². The Morgan fingerprint density at radius 1 is 1.34 bits per heavy atom. The van der Waals surface area contributed by atoms with E-state index in [1.54, 1.807) is 35.4 Å². The molecule has 8 heteroatoms. The molecular weight excluding hydrogens is 374 g/mol. The third-order valence-electron chi connectivity index (χ3n) is 4.79. The summed E-state index contributed by atoms with van der Waals surface area (Å²) >= 11 is 0. The Kier molecular flexibility index (Phi) is 6.11. The topological polar surface area (TPSA) is 102 Å². The molecule has 0 fully saturated rings. The van der Waals surface area contributed by atoms with Crippen LogP contribution in [0.2, 0.25) is 0 Å². The van der Waals surface area contributed by atoms with Crippen LogP contribution in [-0.4, -0.2) is 50.9 Å². The van der Waals surface area contributed by atoms with Gasteiger partial charge in [-0.25, -0.2) is 4.98 Å². The lowest BCUT2D eigenvalue weighted by atomic mass is 10.0. The normalized spacial score (nSPS) is 14.7. The molecule has 0 saturated carbocycles. The van der Waals surface area contributed by atoms with Crippen LogP contribution in [0.25, 0.3) is 6.08 Å². The van der Waals surface area contributed by atoms with Gasteiger partial charge in [0.15, 0.2) is 0 Å². The largest absolute Gasteiger partial charge is 0.481 e. The van der Waals surface area contributed by atoms with Gasteiger partial charge in [-0.1, -0.05) is 18.2 Å². The average Bonchev–Trinajstić information content (AvgIpc) is 3.10. The molecule has 3 rings (SSSR count). The summed E-state index contributed by atoms with van der Waals surface area (Å²) in [4.78, 5) is 41.4. The molecule has 2 aromatic heterocycles. The molecule has 8 nitrogen and oxygen atoms in total. The summed E-state index contributed by atoms with van der Waals surface area (Å²) < 4.78 is 6.91. The van der Waals surface area contributed by atoms with E-state index in [-0.39, 0.29) is 18.1 Å². The minimum Gasteiger partial charge on any atom is -0.481 e. The van der Waals surface area contributed by atoms with Gasteiger partial charge >= 0.3 is 5.97 Å². The molecule has 1 unspecified atom stereocenters. The molecule has 1 aliphatic heterocycles. The lowest BCUT2D eigenvalue weighted by Crippen LogP contribution is -2.43. The second kappa shape index (κ2) is 8.72. The van der Waals surface area contributed by atoms with Gasteiger partial charge < -0.3 is 19.3 Å². The van der Waals surface area contributed by atoms with Crippen molar-refractivity contribution in [3.05, 3.63) is 53.5 Å². The van der Waals surface area contributed by atoms with Crippen LogP contribution >= 0.6 is 0 Å². The number of pyridine rings is 1. The lowest BCUT2D eigenvalue weighted by molar-refractivity contribution is -0.138. The van der Waals surface area contributed by atoms with Crippen molar-refractivity contribution in [2.24, 2.45) is 0 Å². The second-order valence-electron chi connectivity index (χ2n) is 6.91. The van der Waals surface area contributed by atoms with E-state index in [4.69, 9.17) is 4.74 Å². The maximum Gasteiger partial charge on any atom is 0.305 e. The first-order valence-corrected chi connectivity index (χ1v) is 9.28. The molecule has 0 saturated heterocycles. The zero-order valence-electron chi connectivity index (χ0n) is 16.4. The minimum atomic E-state index is -0.993. The number of hydrogen-bond donors (Lipinski definition) is 1. The third kappa shape index (κ3) is 4.71. The number of carboxylic acid groups (broad SMARTS) is 1. The van der Waals surface area contributed by atoms with Crippen LogP contribution in [0.1, 0.15) is 47.4 Å². The van der Waals surface area contributed by atoms with Crippen LogP contribution in [0.15, 0.2) is 36.7 Å². The highest BCUT2D eigenvalue weighted by Crippen LogP contribution is 2.29. The average molecular weight is 397 g/mol. The molecule has 0 aliphatic carbocycles. The molecule has 1 aliphatic rings. The molecule has 3 heterocycles. The van der Waals surface area contributed by atoms with E-state index in [1.165, 1.54) is 14.0 Å². The highest BCUT2D eigenvalue weighted by atomic mass is 16.5. The molecule has 152 valence electrons. The summed E-state index contributed by atoms with van der Waals surface area (Å²) in [5.74, 6) is -0.738. The number of methoxy groups -OCH3 is 1. The molecule has 0 radical (unpaired) electrons. The number of hydrogen-bond acceptors (Lipinski definition) is 5. The summed E-state index contributed by atoms with van der Waals surface area (Å²) in [7, 11) is 1.50. The number of rotatable bonds is 8. The summed E-state index contributed by atoms with van der Waals surface area (Å²) in [5.41, 5.74) is 1.97. The number of Topliss-reactive ketones (excluding diaryl/α,β-unsaturated/α-hetero) is 1. The summed E-state index contributed by atoms with van der Waals surface area (Å²) in [5, 5.41) is 9.38. The summed E-state index contributed by atoms with van der Waals surface area (Å²) in [6.45, 7) is 2.47. The third-order valence-corrected chi connectivity index (χ3v) is 4.79. The lowest BCUT2D eigenvalue weighted by Gasteiger charge is -2.34. The predicted octanol–water partition coefficient (Wildman–Crippen LogP) is 2.56. The molecule has 1 N–H and O–H groups in total. The van der Waals surface area contributed by atoms with Gasteiger partial charge in [0, 0.05) is 38.0 Å². The van der Waals surface area contributed by atoms with E-state index >= 15 is 0 Å². The van der Waals surface area contributed by atoms with Crippen LogP contribution in [0.3, 0.4) is 0 Å². The molecular formula is C21H23N3O5. The number of carboxylic acids is 1. The Morgan fingerprint density at radius 3 is 2.76 bits per heavy atom. The van der Waals surface area contributed by atoms with Crippen LogP contribution in [0.5, 0.6) is 5.88 Å². The number of ketones is 1. The number of amides is 1. The quantitative estimate of drug-likeness (QED) is 0.735. The van der Waals surface area contributed by atoms with Crippen molar-refractivity contribution in [3.8, 4) is 5.88 Å². The van der Waals surface area contributed by atoms with E-state index in [9.17, 15) is 19.5 Å². The molecule has 1 atom stereocenters.